The van der Waals surface area contributed by atoms with E-state index in [1.54, 1.807) is 29.2 Å². The summed E-state index contributed by atoms with van der Waals surface area (Å²) in [5.74, 6) is -1.06. The minimum Gasteiger partial charge on any atom is -0.456 e. The second kappa shape index (κ2) is 8.21. The number of esters is 1. The maximum atomic E-state index is 12.2. The Morgan fingerprint density at radius 3 is 2.48 bits per heavy atom. The van der Waals surface area contributed by atoms with Gasteiger partial charge in [0, 0.05) is 24.2 Å². The van der Waals surface area contributed by atoms with E-state index in [2.05, 4.69) is 5.10 Å². The standard InChI is InChI=1S/C19H20N4O6/c1-12-19(23(27)28)13(2)22(20-12)10-18(26)29-11-16(24)14-5-7-15(8-6-14)21-9-3-4-17(21)25/h5-8H,3-4,9-11H2,1-2H3. The fourth-order valence-corrected chi connectivity index (χ4v) is 3.25. The zero-order chi connectivity index (χ0) is 21.1. The van der Waals surface area contributed by atoms with E-state index >= 15 is 0 Å². The molecule has 1 amide bonds. The summed E-state index contributed by atoms with van der Waals surface area (Å²) in [6, 6.07) is 6.55. The Balaban J connectivity index is 1.56. The van der Waals surface area contributed by atoms with E-state index in [0.29, 0.717) is 18.5 Å². The Kier molecular flexibility index (Phi) is 5.71. The predicted octanol–water partition coefficient (Wildman–Crippen LogP) is 1.96. The number of hydrogen-bond acceptors (Lipinski definition) is 7. The SMILES string of the molecule is Cc1nn(CC(=O)OCC(=O)c2ccc(N3CCCC3=O)cc2)c(C)c1[N+](=O)[O-]. The van der Waals surface area contributed by atoms with Crippen molar-refractivity contribution < 1.29 is 24.0 Å². The first-order valence-corrected chi connectivity index (χ1v) is 9.05. The molecule has 0 spiro atoms. The summed E-state index contributed by atoms with van der Waals surface area (Å²) >= 11 is 0. The van der Waals surface area contributed by atoms with Gasteiger partial charge in [-0.1, -0.05) is 0 Å². The van der Waals surface area contributed by atoms with Crippen LogP contribution >= 0.6 is 0 Å². The topological polar surface area (TPSA) is 125 Å². The van der Waals surface area contributed by atoms with Gasteiger partial charge in [-0.15, -0.1) is 0 Å². The van der Waals surface area contributed by atoms with Crippen molar-refractivity contribution in [3.63, 3.8) is 0 Å². The van der Waals surface area contributed by atoms with E-state index in [-0.39, 0.29) is 29.5 Å². The molecule has 1 saturated heterocycles. The molecule has 29 heavy (non-hydrogen) atoms. The summed E-state index contributed by atoms with van der Waals surface area (Å²) in [6.07, 6.45) is 1.34. The number of hydrogen-bond donors (Lipinski definition) is 0. The summed E-state index contributed by atoms with van der Waals surface area (Å²) in [4.78, 5) is 48.1. The number of ketones is 1. The van der Waals surface area contributed by atoms with Crippen LogP contribution < -0.4 is 4.90 Å². The van der Waals surface area contributed by atoms with Crippen LogP contribution in [0.2, 0.25) is 0 Å². The Hall–Kier alpha value is -3.56. The van der Waals surface area contributed by atoms with E-state index in [4.69, 9.17) is 4.74 Å². The van der Waals surface area contributed by atoms with Crippen LogP contribution in [-0.2, 0) is 20.9 Å². The summed E-state index contributed by atoms with van der Waals surface area (Å²) < 4.78 is 6.17. The van der Waals surface area contributed by atoms with Crippen LogP contribution in [0.5, 0.6) is 0 Å². The molecule has 0 N–H and O–H groups in total. The summed E-state index contributed by atoms with van der Waals surface area (Å²) in [5, 5.41) is 15.0. The normalized spacial score (nSPS) is 13.6. The smallest absolute Gasteiger partial charge is 0.328 e. The quantitative estimate of drug-likeness (QED) is 0.301. The molecule has 10 heteroatoms. The highest BCUT2D eigenvalue weighted by molar-refractivity contribution is 5.99. The highest BCUT2D eigenvalue weighted by atomic mass is 16.6. The van der Waals surface area contributed by atoms with Crippen molar-refractivity contribution in [2.24, 2.45) is 0 Å². The van der Waals surface area contributed by atoms with Crippen molar-refractivity contribution in [2.45, 2.75) is 33.2 Å². The van der Waals surface area contributed by atoms with Gasteiger partial charge in [0.1, 0.15) is 17.9 Å². The number of carbonyl (C=O) groups excluding carboxylic acids is 3. The number of benzene rings is 1. The molecule has 1 aromatic heterocycles. The molecule has 1 aromatic carbocycles. The number of aromatic nitrogens is 2. The number of ether oxygens (including phenoxy) is 1. The van der Waals surface area contributed by atoms with Crippen LogP contribution in [0.1, 0.15) is 34.6 Å². The van der Waals surface area contributed by atoms with Crippen LogP contribution in [0.3, 0.4) is 0 Å². The molecular weight excluding hydrogens is 380 g/mol. The maximum Gasteiger partial charge on any atom is 0.328 e. The molecule has 0 saturated carbocycles. The molecule has 2 heterocycles. The van der Waals surface area contributed by atoms with Gasteiger partial charge in [-0.25, -0.2) is 0 Å². The van der Waals surface area contributed by atoms with E-state index in [0.717, 1.165) is 12.1 Å². The molecule has 0 unspecified atom stereocenters. The number of carbonyl (C=O) groups is 3. The second-order valence-corrected chi connectivity index (χ2v) is 6.71. The van der Waals surface area contributed by atoms with Crippen LogP contribution in [0.25, 0.3) is 0 Å². The highest BCUT2D eigenvalue weighted by Crippen LogP contribution is 2.22. The Labute approximate surface area is 166 Å². The minimum absolute atomic E-state index is 0.0578. The lowest BCUT2D eigenvalue weighted by Crippen LogP contribution is -2.23. The van der Waals surface area contributed by atoms with E-state index in [1.807, 2.05) is 0 Å². The third-order valence-corrected chi connectivity index (χ3v) is 4.74. The second-order valence-electron chi connectivity index (χ2n) is 6.71. The molecule has 0 atom stereocenters. The highest BCUT2D eigenvalue weighted by Gasteiger charge is 2.24. The maximum absolute atomic E-state index is 12.2. The number of Topliss-reactive ketones (excluding diaryl/α,β-unsaturated/α-hetero) is 1. The molecule has 10 nitrogen and oxygen atoms in total. The zero-order valence-corrected chi connectivity index (χ0v) is 16.1. The molecule has 0 aliphatic carbocycles. The lowest BCUT2D eigenvalue weighted by atomic mass is 10.1. The minimum atomic E-state index is -0.724. The molecule has 1 aliphatic heterocycles. The van der Waals surface area contributed by atoms with Crippen molar-refractivity contribution in [3.05, 3.63) is 51.3 Å². The van der Waals surface area contributed by atoms with Gasteiger partial charge in [0.25, 0.3) is 0 Å². The molecule has 2 aromatic rings. The van der Waals surface area contributed by atoms with Gasteiger partial charge >= 0.3 is 11.7 Å². The van der Waals surface area contributed by atoms with Gasteiger partial charge in [0.15, 0.2) is 12.4 Å². The third-order valence-electron chi connectivity index (χ3n) is 4.74. The Bertz CT molecular complexity index is 979. The average molecular weight is 400 g/mol. The van der Waals surface area contributed by atoms with Gasteiger partial charge in [-0.3, -0.25) is 29.2 Å². The van der Waals surface area contributed by atoms with Gasteiger partial charge in [0.2, 0.25) is 5.91 Å². The van der Waals surface area contributed by atoms with Crippen molar-refractivity contribution >= 4 is 29.0 Å². The van der Waals surface area contributed by atoms with E-state index < -0.39 is 23.3 Å². The van der Waals surface area contributed by atoms with Crippen LogP contribution in [-0.4, -0.2) is 45.5 Å². The lowest BCUT2D eigenvalue weighted by molar-refractivity contribution is -0.386. The molecule has 152 valence electrons. The summed E-state index contributed by atoms with van der Waals surface area (Å²) in [6.45, 7) is 2.85. The molecule has 0 radical (unpaired) electrons. The van der Waals surface area contributed by atoms with Gasteiger partial charge in [-0.05, 0) is 44.5 Å². The molecule has 1 aliphatic rings. The largest absolute Gasteiger partial charge is 0.456 e. The van der Waals surface area contributed by atoms with Crippen molar-refractivity contribution in [1.29, 1.82) is 0 Å². The van der Waals surface area contributed by atoms with E-state index in [9.17, 15) is 24.5 Å². The Morgan fingerprint density at radius 2 is 1.93 bits per heavy atom. The Morgan fingerprint density at radius 1 is 1.24 bits per heavy atom. The molecule has 0 bridgehead atoms. The average Bonchev–Trinajstić information content (AvgIpc) is 3.22. The molecule has 1 fully saturated rings. The third kappa shape index (κ3) is 4.31. The van der Waals surface area contributed by atoms with Crippen molar-refractivity contribution in [1.82, 2.24) is 9.78 Å². The fraction of sp³-hybridized carbons (Fsp3) is 0.368. The number of aryl methyl sites for hydroxylation is 1. The van der Waals surface area contributed by atoms with Crippen LogP contribution in [0.15, 0.2) is 24.3 Å². The number of anilines is 1. The van der Waals surface area contributed by atoms with Crippen molar-refractivity contribution in [3.8, 4) is 0 Å². The monoisotopic (exact) mass is 400 g/mol. The van der Waals surface area contributed by atoms with Crippen molar-refractivity contribution in [2.75, 3.05) is 18.1 Å². The number of rotatable bonds is 7. The van der Waals surface area contributed by atoms with E-state index in [1.165, 1.54) is 18.5 Å². The zero-order valence-electron chi connectivity index (χ0n) is 16.1. The first-order valence-electron chi connectivity index (χ1n) is 9.05. The molecule has 3 rings (SSSR count). The first kappa shape index (κ1) is 20.2. The van der Waals surface area contributed by atoms with Gasteiger partial charge in [0.05, 0.1) is 4.92 Å². The van der Waals surface area contributed by atoms with Crippen LogP contribution in [0.4, 0.5) is 11.4 Å². The number of nitrogens with zero attached hydrogens (tertiary/aromatic N) is 4. The van der Waals surface area contributed by atoms with Gasteiger partial charge < -0.3 is 9.64 Å². The van der Waals surface area contributed by atoms with Crippen LogP contribution in [0, 0.1) is 24.0 Å². The number of amides is 1. The first-order chi connectivity index (χ1) is 13.8. The molecular formula is C19H20N4O6. The number of nitro groups is 1. The van der Waals surface area contributed by atoms with Gasteiger partial charge in [-0.2, -0.15) is 5.10 Å². The summed E-state index contributed by atoms with van der Waals surface area (Å²) in [7, 11) is 0. The summed E-state index contributed by atoms with van der Waals surface area (Å²) in [5.41, 5.74) is 1.38. The fourth-order valence-electron chi connectivity index (χ4n) is 3.25. The predicted molar refractivity (Wildman–Crippen MR) is 102 cm³/mol. The lowest BCUT2D eigenvalue weighted by Gasteiger charge is -2.15.